The van der Waals surface area contributed by atoms with Crippen LogP contribution in [0.3, 0.4) is 0 Å². The summed E-state index contributed by atoms with van der Waals surface area (Å²) in [5.41, 5.74) is 2.07. The van der Waals surface area contributed by atoms with Gasteiger partial charge < -0.3 is 15.5 Å². The van der Waals surface area contributed by atoms with E-state index < -0.39 is 17.9 Å². The van der Waals surface area contributed by atoms with Crippen molar-refractivity contribution in [2.24, 2.45) is 0 Å². The van der Waals surface area contributed by atoms with Gasteiger partial charge in [0.2, 0.25) is 5.91 Å². The van der Waals surface area contributed by atoms with Crippen molar-refractivity contribution in [3.05, 3.63) is 59.9 Å². The summed E-state index contributed by atoms with van der Waals surface area (Å²) < 4.78 is 13.3. The summed E-state index contributed by atoms with van der Waals surface area (Å²) in [6.07, 6.45) is 1.36. The molecule has 2 N–H and O–H groups in total. The Hall–Kier alpha value is -2.89. The van der Waals surface area contributed by atoms with E-state index in [2.05, 4.69) is 10.6 Å². The molecule has 0 saturated carbocycles. The van der Waals surface area contributed by atoms with Gasteiger partial charge in [0, 0.05) is 17.9 Å². The van der Waals surface area contributed by atoms with Crippen LogP contribution in [0.4, 0.5) is 20.6 Å². The molecule has 1 aliphatic rings. The number of rotatable bonds is 3. The zero-order valence-corrected chi connectivity index (χ0v) is 14.0. The van der Waals surface area contributed by atoms with Gasteiger partial charge in [-0.15, -0.1) is 0 Å². The number of likely N-dealkylation sites (tertiary alicyclic amines) is 1. The molecule has 0 bridgehead atoms. The largest absolute Gasteiger partial charge is 0.324 e. The minimum absolute atomic E-state index is 0.207. The van der Waals surface area contributed by atoms with Crippen molar-refractivity contribution in [1.82, 2.24) is 4.90 Å². The number of nitrogens with one attached hydrogen (secondary N) is 2. The predicted octanol–water partition coefficient (Wildman–Crippen LogP) is 3.77. The van der Waals surface area contributed by atoms with Crippen LogP contribution in [0, 0.1) is 12.7 Å². The van der Waals surface area contributed by atoms with Crippen LogP contribution in [0.5, 0.6) is 0 Å². The van der Waals surface area contributed by atoms with E-state index in [4.69, 9.17) is 0 Å². The molecule has 1 aliphatic heterocycles. The number of amides is 3. The Morgan fingerprint density at radius 3 is 2.68 bits per heavy atom. The lowest BCUT2D eigenvalue weighted by molar-refractivity contribution is -0.119. The van der Waals surface area contributed by atoms with Crippen LogP contribution in [0.1, 0.15) is 18.4 Å². The highest BCUT2D eigenvalue weighted by molar-refractivity contribution is 5.99. The molecular weight excluding hydrogens is 321 g/mol. The summed E-state index contributed by atoms with van der Waals surface area (Å²) in [6.45, 7) is 2.41. The fourth-order valence-electron chi connectivity index (χ4n) is 2.97. The van der Waals surface area contributed by atoms with E-state index in [9.17, 15) is 14.0 Å². The van der Waals surface area contributed by atoms with Crippen LogP contribution in [-0.4, -0.2) is 29.4 Å². The van der Waals surface area contributed by atoms with Gasteiger partial charge in [-0.05, 0) is 49.6 Å². The Bertz CT molecular complexity index is 794. The highest BCUT2D eigenvalue weighted by atomic mass is 19.1. The molecule has 2 aromatic rings. The van der Waals surface area contributed by atoms with Crippen molar-refractivity contribution in [2.45, 2.75) is 25.8 Å². The average Bonchev–Trinajstić information content (AvgIpc) is 3.07. The van der Waals surface area contributed by atoms with Crippen LogP contribution >= 0.6 is 0 Å². The Labute approximate surface area is 145 Å². The molecule has 25 heavy (non-hydrogen) atoms. The topological polar surface area (TPSA) is 61.4 Å². The van der Waals surface area contributed by atoms with E-state index in [0.717, 1.165) is 17.7 Å². The molecule has 6 heteroatoms. The second-order valence-electron chi connectivity index (χ2n) is 6.10. The highest BCUT2D eigenvalue weighted by Crippen LogP contribution is 2.22. The quantitative estimate of drug-likeness (QED) is 0.893. The van der Waals surface area contributed by atoms with E-state index in [-0.39, 0.29) is 5.91 Å². The van der Waals surface area contributed by atoms with E-state index in [0.29, 0.717) is 18.7 Å². The summed E-state index contributed by atoms with van der Waals surface area (Å²) in [4.78, 5) is 26.6. The van der Waals surface area contributed by atoms with Crippen LogP contribution in [0.25, 0.3) is 0 Å². The monoisotopic (exact) mass is 341 g/mol. The second-order valence-corrected chi connectivity index (χ2v) is 6.10. The van der Waals surface area contributed by atoms with Gasteiger partial charge in [-0.25, -0.2) is 9.18 Å². The lowest BCUT2D eigenvalue weighted by Crippen LogP contribution is -2.45. The van der Waals surface area contributed by atoms with Crippen molar-refractivity contribution in [2.75, 3.05) is 17.2 Å². The first-order valence-electron chi connectivity index (χ1n) is 8.24. The Balaban J connectivity index is 1.68. The number of aryl methyl sites for hydroxylation is 1. The van der Waals surface area contributed by atoms with Crippen molar-refractivity contribution in [1.29, 1.82) is 0 Å². The maximum Gasteiger partial charge on any atom is 0.322 e. The smallest absolute Gasteiger partial charge is 0.322 e. The molecule has 0 aromatic heterocycles. The molecule has 0 unspecified atom stereocenters. The molecule has 0 aliphatic carbocycles. The molecule has 1 heterocycles. The third-order valence-electron chi connectivity index (χ3n) is 4.30. The number of urea groups is 1. The lowest BCUT2D eigenvalue weighted by Gasteiger charge is -2.24. The van der Waals surface area contributed by atoms with Crippen LogP contribution in [0.15, 0.2) is 48.5 Å². The molecule has 1 saturated heterocycles. The molecule has 1 atom stereocenters. The first-order valence-corrected chi connectivity index (χ1v) is 8.24. The number of benzene rings is 2. The van der Waals surface area contributed by atoms with Crippen molar-refractivity contribution < 1.29 is 14.0 Å². The fraction of sp³-hybridized carbons (Fsp3) is 0.263. The average molecular weight is 341 g/mol. The minimum Gasteiger partial charge on any atom is -0.324 e. The predicted molar refractivity (Wildman–Crippen MR) is 95.0 cm³/mol. The van der Waals surface area contributed by atoms with E-state index in [1.165, 1.54) is 23.1 Å². The maximum atomic E-state index is 13.3. The van der Waals surface area contributed by atoms with E-state index >= 15 is 0 Å². The summed E-state index contributed by atoms with van der Waals surface area (Å²) in [5.74, 6) is -0.630. The first kappa shape index (κ1) is 17.0. The van der Waals surface area contributed by atoms with Gasteiger partial charge >= 0.3 is 6.03 Å². The normalized spacial score (nSPS) is 16.6. The molecule has 1 fully saturated rings. The van der Waals surface area contributed by atoms with Gasteiger partial charge in [0.1, 0.15) is 11.9 Å². The number of halogens is 1. The van der Waals surface area contributed by atoms with Gasteiger partial charge in [0.05, 0.1) is 0 Å². The standard InChI is InChI=1S/C19H20FN3O2/c1-13-6-2-3-9-16(13)22-18(24)17-10-5-11-23(17)19(25)21-15-8-4-7-14(20)12-15/h2-4,6-9,12,17H,5,10-11H2,1H3,(H,21,25)(H,22,24)/t17-/m0/s1. The van der Waals surface area contributed by atoms with Gasteiger partial charge in [-0.2, -0.15) is 0 Å². The Morgan fingerprint density at radius 2 is 1.92 bits per heavy atom. The number of hydrogen-bond acceptors (Lipinski definition) is 2. The third kappa shape index (κ3) is 3.96. The van der Waals surface area contributed by atoms with E-state index in [1.54, 1.807) is 6.07 Å². The molecule has 5 nitrogen and oxygen atoms in total. The molecular formula is C19H20FN3O2. The fourth-order valence-corrected chi connectivity index (χ4v) is 2.97. The maximum absolute atomic E-state index is 13.3. The number of anilines is 2. The summed E-state index contributed by atoms with van der Waals surface area (Å²) >= 11 is 0. The summed E-state index contributed by atoms with van der Waals surface area (Å²) in [6, 6.07) is 12.3. The first-order chi connectivity index (χ1) is 12.0. The van der Waals surface area contributed by atoms with Gasteiger partial charge in [0.25, 0.3) is 0 Å². The number of nitrogens with zero attached hydrogens (tertiary/aromatic N) is 1. The van der Waals surface area contributed by atoms with Gasteiger partial charge in [-0.1, -0.05) is 24.3 Å². The third-order valence-corrected chi connectivity index (χ3v) is 4.30. The zero-order chi connectivity index (χ0) is 17.8. The van der Waals surface area contributed by atoms with Crippen molar-refractivity contribution in [3.8, 4) is 0 Å². The Kier molecular flexibility index (Phi) is 4.97. The molecule has 0 spiro atoms. The highest BCUT2D eigenvalue weighted by Gasteiger charge is 2.34. The molecule has 3 amide bonds. The Morgan fingerprint density at radius 1 is 1.12 bits per heavy atom. The number of para-hydroxylation sites is 1. The second kappa shape index (κ2) is 7.34. The SMILES string of the molecule is Cc1ccccc1NC(=O)[C@@H]1CCCN1C(=O)Nc1cccc(F)c1. The zero-order valence-electron chi connectivity index (χ0n) is 14.0. The van der Waals surface area contributed by atoms with Gasteiger partial charge in [0.15, 0.2) is 0 Å². The van der Waals surface area contributed by atoms with Crippen LogP contribution < -0.4 is 10.6 Å². The van der Waals surface area contributed by atoms with Gasteiger partial charge in [-0.3, -0.25) is 4.79 Å². The number of hydrogen-bond donors (Lipinski definition) is 2. The molecule has 130 valence electrons. The van der Waals surface area contributed by atoms with Crippen LogP contribution in [-0.2, 0) is 4.79 Å². The molecule has 3 rings (SSSR count). The summed E-state index contributed by atoms with van der Waals surface area (Å²) in [7, 11) is 0. The molecule has 0 radical (unpaired) electrons. The summed E-state index contributed by atoms with van der Waals surface area (Å²) in [5, 5.41) is 5.54. The van der Waals surface area contributed by atoms with E-state index in [1.807, 2.05) is 31.2 Å². The molecule has 2 aromatic carbocycles. The number of carbonyl (C=O) groups excluding carboxylic acids is 2. The van der Waals surface area contributed by atoms with Crippen molar-refractivity contribution >= 4 is 23.3 Å². The minimum atomic E-state index is -0.534. The van der Waals surface area contributed by atoms with Crippen LogP contribution in [0.2, 0.25) is 0 Å². The lowest BCUT2D eigenvalue weighted by atomic mass is 10.1. The van der Waals surface area contributed by atoms with Crippen molar-refractivity contribution in [3.63, 3.8) is 0 Å². The number of carbonyl (C=O) groups is 2.